The number of benzene rings is 1. The van der Waals surface area contributed by atoms with Crippen LogP contribution in [-0.4, -0.2) is 42.5 Å². The van der Waals surface area contributed by atoms with Crippen LogP contribution in [0.2, 0.25) is 0 Å². The number of rotatable bonds is 4. The zero-order chi connectivity index (χ0) is 13.7. The first-order chi connectivity index (χ1) is 9.15. The van der Waals surface area contributed by atoms with Crippen molar-refractivity contribution < 1.29 is 9.53 Å². The fraction of sp³-hybridized carbons (Fsp3) is 0.500. The lowest BCUT2D eigenvalue weighted by atomic mass is 10.2. The molecule has 104 valence electrons. The molecule has 0 radical (unpaired) electrons. The molecule has 19 heavy (non-hydrogen) atoms. The quantitative estimate of drug-likeness (QED) is 0.860. The molecule has 0 spiro atoms. The molecule has 1 aliphatic heterocycles. The van der Waals surface area contributed by atoms with Gasteiger partial charge in [0.15, 0.2) is 0 Å². The maximum absolute atomic E-state index is 11.4. The molecule has 1 saturated heterocycles. The molecule has 1 aromatic carbocycles. The highest BCUT2D eigenvalue weighted by atomic mass is 35.5. The van der Waals surface area contributed by atoms with E-state index in [9.17, 15) is 4.79 Å². The Labute approximate surface area is 118 Å². The van der Waals surface area contributed by atoms with Crippen LogP contribution >= 0.6 is 11.6 Å². The highest BCUT2D eigenvalue weighted by molar-refractivity contribution is 6.32. The number of nitrogens with zero attached hydrogens (tertiary/aromatic N) is 1. The van der Waals surface area contributed by atoms with E-state index >= 15 is 0 Å². The van der Waals surface area contributed by atoms with Crippen LogP contribution in [0, 0.1) is 0 Å². The molecular formula is C14H19ClN2O2. The summed E-state index contributed by atoms with van der Waals surface area (Å²) in [5, 5.41) is 2.25. The van der Waals surface area contributed by atoms with Crippen LogP contribution in [0.15, 0.2) is 24.3 Å². The first-order valence-electron chi connectivity index (χ1n) is 6.49. The monoisotopic (exact) mass is 282 g/mol. The topological polar surface area (TPSA) is 41.6 Å². The Balaban J connectivity index is 1.88. The van der Waals surface area contributed by atoms with Crippen molar-refractivity contribution in [1.82, 2.24) is 4.90 Å². The van der Waals surface area contributed by atoms with Gasteiger partial charge in [0.1, 0.15) is 5.38 Å². The molecule has 1 aliphatic rings. The van der Waals surface area contributed by atoms with Gasteiger partial charge in [-0.05, 0) is 24.6 Å². The van der Waals surface area contributed by atoms with Gasteiger partial charge in [-0.15, -0.1) is 11.6 Å². The van der Waals surface area contributed by atoms with Gasteiger partial charge in [0.2, 0.25) is 5.91 Å². The molecule has 2 rings (SSSR count). The number of carbonyl (C=O) groups excluding carboxylic acids is 1. The van der Waals surface area contributed by atoms with Gasteiger partial charge >= 0.3 is 0 Å². The zero-order valence-corrected chi connectivity index (χ0v) is 11.8. The van der Waals surface area contributed by atoms with Gasteiger partial charge in [-0.25, -0.2) is 0 Å². The standard InChI is InChI=1S/C14H19ClN2O2/c1-11(15)14(18)16-13-4-2-12(3-5-13)10-17-6-8-19-9-7-17/h2-5,11H,6-10H2,1H3,(H,16,18). The van der Waals surface area contributed by atoms with Gasteiger partial charge in [-0.1, -0.05) is 12.1 Å². The summed E-state index contributed by atoms with van der Waals surface area (Å²) in [6.07, 6.45) is 0. The van der Waals surface area contributed by atoms with E-state index in [1.54, 1.807) is 6.92 Å². The lowest BCUT2D eigenvalue weighted by molar-refractivity contribution is -0.115. The molecular weight excluding hydrogens is 264 g/mol. The summed E-state index contributed by atoms with van der Waals surface area (Å²) in [6.45, 7) is 6.14. The molecule has 1 atom stereocenters. The Kier molecular flexibility index (Phi) is 5.19. The molecule has 1 N–H and O–H groups in total. The minimum absolute atomic E-state index is 0.178. The van der Waals surface area contributed by atoms with Gasteiger partial charge < -0.3 is 10.1 Å². The van der Waals surface area contributed by atoms with E-state index < -0.39 is 5.38 Å². The van der Waals surface area contributed by atoms with Crippen molar-refractivity contribution in [3.8, 4) is 0 Å². The second-order valence-electron chi connectivity index (χ2n) is 4.69. The van der Waals surface area contributed by atoms with Crippen LogP contribution in [0.3, 0.4) is 0 Å². The van der Waals surface area contributed by atoms with Gasteiger partial charge in [0.05, 0.1) is 13.2 Å². The summed E-state index contributed by atoms with van der Waals surface area (Å²) in [5.41, 5.74) is 2.02. The fourth-order valence-corrected chi connectivity index (χ4v) is 2.01. The van der Waals surface area contributed by atoms with Gasteiger partial charge in [0, 0.05) is 25.3 Å². The van der Waals surface area contributed by atoms with E-state index in [0.717, 1.165) is 38.5 Å². The minimum atomic E-state index is -0.520. The molecule has 1 fully saturated rings. The van der Waals surface area contributed by atoms with Crippen molar-refractivity contribution in [2.75, 3.05) is 31.6 Å². The number of hydrogen-bond donors (Lipinski definition) is 1. The molecule has 0 saturated carbocycles. The highest BCUT2D eigenvalue weighted by Gasteiger charge is 2.11. The van der Waals surface area contributed by atoms with Crippen LogP contribution in [0.4, 0.5) is 5.69 Å². The lowest BCUT2D eigenvalue weighted by Gasteiger charge is -2.26. The summed E-state index contributed by atoms with van der Waals surface area (Å²) in [6, 6.07) is 7.88. The Bertz CT molecular complexity index is 414. The molecule has 0 aromatic heterocycles. The first kappa shape index (κ1) is 14.3. The number of alkyl halides is 1. The molecule has 1 heterocycles. The van der Waals surface area contributed by atoms with Crippen molar-refractivity contribution in [3.63, 3.8) is 0 Å². The number of morpholine rings is 1. The van der Waals surface area contributed by atoms with E-state index in [1.165, 1.54) is 5.56 Å². The van der Waals surface area contributed by atoms with Crippen LogP contribution in [-0.2, 0) is 16.1 Å². The number of amides is 1. The molecule has 4 nitrogen and oxygen atoms in total. The summed E-state index contributed by atoms with van der Waals surface area (Å²) >= 11 is 5.71. The average molecular weight is 283 g/mol. The molecule has 1 amide bonds. The van der Waals surface area contributed by atoms with Crippen LogP contribution in [0.5, 0.6) is 0 Å². The smallest absolute Gasteiger partial charge is 0.242 e. The summed E-state index contributed by atoms with van der Waals surface area (Å²) < 4.78 is 5.32. The summed E-state index contributed by atoms with van der Waals surface area (Å²) in [4.78, 5) is 13.8. The van der Waals surface area contributed by atoms with Gasteiger partial charge in [-0.3, -0.25) is 9.69 Å². The number of ether oxygens (including phenoxy) is 1. The van der Waals surface area contributed by atoms with Crippen LogP contribution < -0.4 is 5.32 Å². The third kappa shape index (κ3) is 4.49. The summed E-state index contributed by atoms with van der Waals surface area (Å²) in [7, 11) is 0. The maximum Gasteiger partial charge on any atom is 0.242 e. The second kappa shape index (κ2) is 6.89. The van der Waals surface area contributed by atoms with E-state index in [4.69, 9.17) is 16.3 Å². The maximum atomic E-state index is 11.4. The first-order valence-corrected chi connectivity index (χ1v) is 6.93. The molecule has 1 aromatic rings. The second-order valence-corrected chi connectivity index (χ2v) is 5.35. The van der Waals surface area contributed by atoms with Gasteiger partial charge in [0.25, 0.3) is 0 Å². The fourth-order valence-electron chi connectivity index (χ4n) is 1.95. The van der Waals surface area contributed by atoms with E-state index in [1.807, 2.05) is 24.3 Å². The van der Waals surface area contributed by atoms with Crippen molar-refractivity contribution in [2.24, 2.45) is 0 Å². The molecule has 1 unspecified atom stereocenters. The van der Waals surface area contributed by atoms with E-state index in [-0.39, 0.29) is 5.91 Å². The lowest BCUT2D eigenvalue weighted by Crippen LogP contribution is -2.35. The predicted octanol–water partition coefficient (Wildman–Crippen LogP) is 2.08. The third-order valence-corrected chi connectivity index (χ3v) is 3.29. The molecule has 0 aliphatic carbocycles. The average Bonchev–Trinajstić information content (AvgIpc) is 2.42. The Morgan fingerprint density at radius 3 is 2.58 bits per heavy atom. The van der Waals surface area contributed by atoms with Crippen molar-refractivity contribution in [2.45, 2.75) is 18.8 Å². The zero-order valence-electron chi connectivity index (χ0n) is 11.1. The van der Waals surface area contributed by atoms with Crippen LogP contribution in [0.25, 0.3) is 0 Å². The SMILES string of the molecule is CC(Cl)C(=O)Nc1ccc(CN2CCOCC2)cc1. The van der Waals surface area contributed by atoms with Crippen LogP contribution in [0.1, 0.15) is 12.5 Å². The van der Waals surface area contributed by atoms with Crippen molar-refractivity contribution in [3.05, 3.63) is 29.8 Å². The Hall–Kier alpha value is -1.10. The Morgan fingerprint density at radius 1 is 1.37 bits per heavy atom. The summed E-state index contributed by atoms with van der Waals surface area (Å²) in [5.74, 6) is -0.178. The van der Waals surface area contributed by atoms with E-state index in [2.05, 4.69) is 10.2 Å². The van der Waals surface area contributed by atoms with Gasteiger partial charge in [-0.2, -0.15) is 0 Å². The van der Waals surface area contributed by atoms with Crippen molar-refractivity contribution in [1.29, 1.82) is 0 Å². The Morgan fingerprint density at radius 2 is 2.00 bits per heavy atom. The molecule has 5 heteroatoms. The number of carbonyl (C=O) groups is 1. The number of anilines is 1. The normalized spacial score (nSPS) is 18.0. The predicted molar refractivity (Wildman–Crippen MR) is 76.5 cm³/mol. The molecule has 0 bridgehead atoms. The number of nitrogens with one attached hydrogen (secondary N) is 1. The largest absolute Gasteiger partial charge is 0.379 e. The van der Waals surface area contributed by atoms with E-state index in [0.29, 0.717) is 0 Å². The van der Waals surface area contributed by atoms with Crippen molar-refractivity contribution >= 4 is 23.2 Å². The third-order valence-electron chi connectivity index (χ3n) is 3.09. The number of hydrogen-bond acceptors (Lipinski definition) is 3. The minimum Gasteiger partial charge on any atom is -0.379 e. The number of halogens is 1. The highest BCUT2D eigenvalue weighted by Crippen LogP contribution is 2.13.